The smallest absolute Gasteiger partial charge is 0.269 e. The third-order valence-electron chi connectivity index (χ3n) is 6.32. The van der Waals surface area contributed by atoms with Crippen molar-refractivity contribution in [3.05, 3.63) is 105 Å². The molecule has 0 spiro atoms. The van der Waals surface area contributed by atoms with Crippen molar-refractivity contribution < 1.29 is 9.72 Å². The van der Waals surface area contributed by atoms with Gasteiger partial charge in [-0.1, -0.05) is 48.5 Å². The molecule has 1 atom stereocenters. The van der Waals surface area contributed by atoms with Crippen LogP contribution in [0.15, 0.2) is 72.8 Å². The number of amides is 1. The number of anilines is 1. The molecule has 0 heterocycles. The van der Waals surface area contributed by atoms with Gasteiger partial charge in [0.05, 0.1) is 11.0 Å². The number of nitro benzene ring substituents is 1. The molecule has 0 unspecified atom stereocenters. The van der Waals surface area contributed by atoms with E-state index in [0.29, 0.717) is 12.1 Å². The number of hydrogen-bond acceptors (Lipinski definition) is 4. The molecule has 1 N–H and O–H groups in total. The lowest BCUT2D eigenvalue weighted by atomic mass is 9.52. The summed E-state index contributed by atoms with van der Waals surface area (Å²) < 4.78 is 0. The number of nitrogens with one attached hydrogen (secondary N) is 1. The highest BCUT2D eigenvalue weighted by atomic mass is 16.6. The molecule has 0 aromatic heterocycles. The summed E-state index contributed by atoms with van der Waals surface area (Å²) in [6, 6.07) is 24.1. The fourth-order valence-corrected chi connectivity index (χ4v) is 5.00. The molecule has 30 heavy (non-hydrogen) atoms. The summed E-state index contributed by atoms with van der Waals surface area (Å²) >= 11 is 0. The zero-order valence-electron chi connectivity index (χ0n) is 15.9. The van der Waals surface area contributed by atoms with Gasteiger partial charge in [-0.2, -0.15) is 5.26 Å². The van der Waals surface area contributed by atoms with Crippen LogP contribution in [0.1, 0.15) is 40.5 Å². The Kier molecular flexibility index (Phi) is 3.93. The van der Waals surface area contributed by atoms with E-state index in [-0.39, 0.29) is 23.4 Å². The van der Waals surface area contributed by atoms with Crippen LogP contribution in [0.3, 0.4) is 0 Å². The van der Waals surface area contributed by atoms with Gasteiger partial charge < -0.3 is 5.32 Å². The van der Waals surface area contributed by atoms with Crippen molar-refractivity contribution in [3.63, 3.8) is 0 Å². The predicted octanol–water partition coefficient (Wildman–Crippen LogP) is 4.72. The minimum Gasteiger partial charge on any atom is -0.325 e. The zero-order valence-corrected chi connectivity index (χ0v) is 15.9. The summed E-state index contributed by atoms with van der Waals surface area (Å²) in [5.74, 6) is -0.763. The lowest BCUT2D eigenvalue weighted by Crippen LogP contribution is -2.48. The Labute approximate surface area is 172 Å². The van der Waals surface area contributed by atoms with Gasteiger partial charge in [0, 0.05) is 29.7 Å². The molecule has 6 heteroatoms. The van der Waals surface area contributed by atoms with Crippen LogP contribution in [0.4, 0.5) is 11.4 Å². The molecule has 3 aromatic rings. The molecule has 0 saturated heterocycles. The number of non-ortho nitro benzene ring substituents is 1. The van der Waals surface area contributed by atoms with Crippen molar-refractivity contribution in [2.45, 2.75) is 18.3 Å². The quantitative estimate of drug-likeness (QED) is 0.512. The van der Waals surface area contributed by atoms with Gasteiger partial charge in [-0.25, -0.2) is 0 Å². The van der Waals surface area contributed by atoms with Gasteiger partial charge in [-0.3, -0.25) is 14.9 Å². The van der Waals surface area contributed by atoms with Crippen molar-refractivity contribution >= 4 is 17.3 Å². The Morgan fingerprint density at radius 1 is 0.967 bits per heavy atom. The molecule has 3 aliphatic rings. The number of fused-ring (bicyclic) bond motifs is 1. The van der Waals surface area contributed by atoms with E-state index in [2.05, 4.69) is 23.5 Å². The Morgan fingerprint density at radius 3 is 2.00 bits per heavy atom. The van der Waals surface area contributed by atoms with Gasteiger partial charge in [0.2, 0.25) is 5.91 Å². The topological polar surface area (TPSA) is 96.0 Å². The molecular weight excluding hydrogens is 378 g/mol. The molecule has 2 bridgehead atoms. The molecule has 6 nitrogen and oxygen atoms in total. The van der Waals surface area contributed by atoms with E-state index in [1.807, 2.05) is 36.4 Å². The molecule has 0 fully saturated rings. The minimum atomic E-state index is -1.25. The first-order chi connectivity index (χ1) is 14.5. The van der Waals surface area contributed by atoms with Gasteiger partial charge in [0.1, 0.15) is 5.41 Å². The first-order valence-electron chi connectivity index (χ1n) is 9.70. The lowest BCUT2D eigenvalue weighted by molar-refractivity contribution is -0.384. The molecule has 0 saturated carbocycles. The third kappa shape index (κ3) is 2.45. The van der Waals surface area contributed by atoms with Crippen LogP contribution >= 0.6 is 0 Å². The number of nitriles is 1. The van der Waals surface area contributed by atoms with Gasteiger partial charge in [-0.15, -0.1) is 0 Å². The second-order valence-corrected chi connectivity index (χ2v) is 7.79. The second kappa shape index (κ2) is 6.53. The number of rotatable bonds is 3. The molecule has 3 aromatic carbocycles. The van der Waals surface area contributed by atoms with E-state index >= 15 is 0 Å². The first kappa shape index (κ1) is 18.1. The van der Waals surface area contributed by atoms with Gasteiger partial charge >= 0.3 is 0 Å². The molecule has 146 valence electrons. The van der Waals surface area contributed by atoms with Crippen LogP contribution in [0.2, 0.25) is 0 Å². The van der Waals surface area contributed by atoms with Crippen molar-refractivity contribution in [2.75, 3.05) is 5.32 Å². The van der Waals surface area contributed by atoms with Crippen molar-refractivity contribution in [2.24, 2.45) is 5.41 Å². The van der Waals surface area contributed by atoms with E-state index < -0.39 is 10.3 Å². The number of hydrogen-bond donors (Lipinski definition) is 1. The Balaban J connectivity index is 1.58. The number of nitrogens with zero attached hydrogens (tertiary/aromatic N) is 2. The SMILES string of the molecule is N#C[C@]1(C(=O)Nc2ccc([N+](=O)[O-])cc2)CC2c3ccccc3C1c1ccccc12. The number of benzene rings is 3. The van der Waals surface area contributed by atoms with E-state index in [1.54, 1.807) is 0 Å². The first-order valence-corrected chi connectivity index (χ1v) is 9.70. The molecule has 1 amide bonds. The maximum atomic E-state index is 13.5. The zero-order chi connectivity index (χ0) is 20.9. The van der Waals surface area contributed by atoms with Gasteiger partial charge in [0.15, 0.2) is 0 Å². The number of carbonyl (C=O) groups is 1. The van der Waals surface area contributed by atoms with E-state index in [1.165, 1.54) is 35.4 Å². The van der Waals surface area contributed by atoms with Crippen LogP contribution in [0.25, 0.3) is 0 Å². The van der Waals surface area contributed by atoms with Crippen molar-refractivity contribution in [1.29, 1.82) is 5.26 Å². The fraction of sp³-hybridized carbons (Fsp3) is 0.167. The molecule has 0 radical (unpaired) electrons. The Morgan fingerprint density at radius 2 is 1.50 bits per heavy atom. The number of nitro groups is 1. The normalized spacial score (nSPS) is 23.0. The largest absolute Gasteiger partial charge is 0.325 e. The monoisotopic (exact) mass is 395 g/mol. The average molecular weight is 395 g/mol. The minimum absolute atomic E-state index is 0.0235. The molecule has 6 rings (SSSR count). The van der Waals surface area contributed by atoms with Crippen LogP contribution in [-0.2, 0) is 4.79 Å². The molecular formula is C24H17N3O3. The standard InChI is InChI=1S/C24H17N3O3/c25-14-24(23(28)26-15-9-11-16(12-10-15)27(29)30)13-21-17-5-1-3-7-19(17)22(24)20-8-4-2-6-18(20)21/h1-12,21-22H,13H2,(H,26,28)/t21?,22?,24-/m1/s1. The highest BCUT2D eigenvalue weighted by molar-refractivity contribution is 5.99. The second-order valence-electron chi connectivity index (χ2n) is 7.79. The summed E-state index contributed by atoms with van der Waals surface area (Å²) in [5, 5.41) is 24.0. The van der Waals surface area contributed by atoms with Crippen LogP contribution in [0.5, 0.6) is 0 Å². The summed E-state index contributed by atoms with van der Waals surface area (Å²) in [5.41, 5.74) is 3.52. The summed E-state index contributed by atoms with van der Waals surface area (Å²) in [6.07, 6.45) is 0.404. The molecule has 3 aliphatic carbocycles. The molecule has 0 aliphatic heterocycles. The highest BCUT2D eigenvalue weighted by Gasteiger charge is 2.57. The van der Waals surface area contributed by atoms with E-state index in [0.717, 1.165) is 11.1 Å². The van der Waals surface area contributed by atoms with Crippen LogP contribution in [-0.4, -0.2) is 10.8 Å². The summed E-state index contributed by atoms with van der Waals surface area (Å²) in [6.45, 7) is 0. The Hall–Kier alpha value is -3.98. The van der Waals surface area contributed by atoms with Gasteiger partial charge in [-0.05, 0) is 40.8 Å². The fourth-order valence-electron chi connectivity index (χ4n) is 5.00. The van der Waals surface area contributed by atoms with Crippen LogP contribution in [0, 0.1) is 26.9 Å². The maximum Gasteiger partial charge on any atom is 0.269 e. The van der Waals surface area contributed by atoms with E-state index in [9.17, 15) is 20.2 Å². The van der Waals surface area contributed by atoms with Crippen LogP contribution < -0.4 is 5.32 Å². The van der Waals surface area contributed by atoms with Crippen molar-refractivity contribution in [1.82, 2.24) is 0 Å². The summed E-state index contributed by atoms with van der Waals surface area (Å²) in [7, 11) is 0. The van der Waals surface area contributed by atoms with Crippen molar-refractivity contribution in [3.8, 4) is 6.07 Å². The summed E-state index contributed by atoms with van der Waals surface area (Å²) in [4.78, 5) is 23.9. The maximum absolute atomic E-state index is 13.5. The predicted molar refractivity (Wildman–Crippen MR) is 111 cm³/mol. The highest BCUT2D eigenvalue weighted by Crippen LogP contribution is 2.61. The van der Waals surface area contributed by atoms with E-state index in [4.69, 9.17) is 0 Å². The van der Waals surface area contributed by atoms with Gasteiger partial charge in [0.25, 0.3) is 5.69 Å². The third-order valence-corrected chi connectivity index (χ3v) is 6.32. The number of carbonyl (C=O) groups excluding carboxylic acids is 1. The average Bonchev–Trinajstić information content (AvgIpc) is 2.79. The lowest BCUT2D eigenvalue weighted by Gasteiger charge is -2.48. The Bertz CT molecular complexity index is 1180.